The molecule has 154 valence electrons. The SMILES string of the molecule is Cc1nc(COc2ccc(Nc3nc(Nc4cccc(C#N)c4)ncc3F)cc2)no1. The van der Waals surface area contributed by atoms with Crippen LogP contribution >= 0.6 is 0 Å². The molecule has 0 bridgehead atoms. The van der Waals surface area contributed by atoms with Crippen LogP contribution in [0.15, 0.2) is 59.3 Å². The van der Waals surface area contributed by atoms with Gasteiger partial charge in [-0.05, 0) is 42.5 Å². The van der Waals surface area contributed by atoms with Crippen molar-refractivity contribution >= 4 is 23.1 Å². The number of aryl methyl sites for hydroxylation is 1. The predicted molar refractivity (Wildman–Crippen MR) is 110 cm³/mol. The highest BCUT2D eigenvalue weighted by Gasteiger charge is 2.09. The Morgan fingerprint density at radius 2 is 1.94 bits per heavy atom. The Bertz CT molecular complexity index is 1240. The number of nitrogens with one attached hydrogen (secondary N) is 2. The average Bonchev–Trinajstić information content (AvgIpc) is 3.21. The number of benzene rings is 2. The van der Waals surface area contributed by atoms with Crippen molar-refractivity contribution in [3.05, 3.63) is 77.8 Å². The van der Waals surface area contributed by atoms with Crippen molar-refractivity contribution in [3.63, 3.8) is 0 Å². The van der Waals surface area contributed by atoms with Crippen molar-refractivity contribution in [1.29, 1.82) is 5.26 Å². The van der Waals surface area contributed by atoms with Gasteiger partial charge in [0.25, 0.3) is 0 Å². The van der Waals surface area contributed by atoms with Crippen LogP contribution in [-0.4, -0.2) is 20.1 Å². The van der Waals surface area contributed by atoms with Crippen LogP contribution in [0.25, 0.3) is 0 Å². The normalized spacial score (nSPS) is 10.4. The van der Waals surface area contributed by atoms with Gasteiger partial charge in [0.05, 0.1) is 17.8 Å². The first-order chi connectivity index (χ1) is 15.1. The minimum absolute atomic E-state index is 0.00452. The van der Waals surface area contributed by atoms with Gasteiger partial charge < -0.3 is 19.9 Å². The van der Waals surface area contributed by atoms with Crippen LogP contribution in [-0.2, 0) is 6.61 Å². The number of halogens is 1. The first-order valence-corrected chi connectivity index (χ1v) is 9.18. The van der Waals surface area contributed by atoms with Gasteiger partial charge in [-0.1, -0.05) is 11.2 Å². The Balaban J connectivity index is 1.42. The van der Waals surface area contributed by atoms with Gasteiger partial charge in [-0.15, -0.1) is 0 Å². The lowest BCUT2D eigenvalue weighted by atomic mass is 10.2. The van der Waals surface area contributed by atoms with Crippen LogP contribution in [0.3, 0.4) is 0 Å². The molecule has 0 aliphatic heterocycles. The third kappa shape index (κ3) is 5.10. The number of aromatic nitrogens is 4. The summed E-state index contributed by atoms with van der Waals surface area (Å²) in [5, 5.41) is 18.6. The summed E-state index contributed by atoms with van der Waals surface area (Å²) in [5.74, 6) is 1.10. The zero-order valence-electron chi connectivity index (χ0n) is 16.3. The summed E-state index contributed by atoms with van der Waals surface area (Å²) >= 11 is 0. The molecule has 4 rings (SSSR count). The van der Waals surface area contributed by atoms with Crippen molar-refractivity contribution in [1.82, 2.24) is 20.1 Å². The average molecular weight is 417 g/mol. The van der Waals surface area contributed by atoms with Crippen LogP contribution in [0.5, 0.6) is 5.75 Å². The van der Waals surface area contributed by atoms with Gasteiger partial charge in [-0.3, -0.25) is 0 Å². The third-order valence-electron chi connectivity index (χ3n) is 4.05. The number of hydrogen-bond donors (Lipinski definition) is 2. The fraction of sp³-hybridized carbons (Fsp3) is 0.0952. The maximum Gasteiger partial charge on any atom is 0.229 e. The predicted octanol–water partition coefficient (Wildman–Crippen LogP) is 4.25. The van der Waals surface area contributed by atoms with E-state index in [4.69, 9.17) is 14.5 Å². The van der Waals surface area contributed by atoms with Crippen molar-refractivity contribution < 1.29 is 13.7 Å². The van der Waals surface area contributed by atoms with E-state index in [0.29, 0.717) is 34.4 Å². The van der Waals surface area contributed by atoms with Gasteiger partial charge in [-0.2, -0.15) is 15.2 Å². The summed E-state index contributed by atoms with van der Waals surface area (Å²) in [7, 11) is 0. The van der Waals surface area contributed by atoms with E-state index >= 15 is 0 Å². The molecule has 2 aromatic carbocycles. The van der Waals surface area contributed by atoms with Crippen LogP contribution in [0.4, 0.5) is 27.5 Å². The number of anilines is 4. The molecule has 31 heavy (non-hydrogen) atoms. The van der Waals surface area contributed by atoms with E-state index < -0.39 is 5.82 Å². The van der Waals surface area contributed by atoms with E-state index in [-0.39, 0.29) is 18.4 Å². The summed E-state index contributed by atoms with van der Waals surface area (Å²) in [6.07, 6.45) is 1.07. The molecule has 0 atom stereocenters. The minimum Gasteiger partial charge on any atom is -0.485 e. The lowest BCUT2D eigenvalue weighted by molar-refractivity contribution is 0.286. The van der Waals surface area contributed by atoms with E-state index in [1.807, 2.05) is 0 Å². The molecule has 0 saturated heterocycles. The van der Waals surface area contributed by atoms with E-state index in [1.165, 1.54) is 0 Å². The second-order valence-corrected chi connectivity index (χ2v) is 6.38. The summed E-state index contributed by atoms with van der Waals surface area (Å²) in [6, 6.07) is 15.8. The molecule has 10 heteroatoms. The number of ether oxygens (including phenoxy) is 1. The topological polar surface area (TPSA) is 122 Å². The van der Waals surface area contributed by atoms with Gasteiger partial charge in [0.2, 0.25) is 17.7 Å². The Morgan fingerprint density at radius 3 is 2.68 bits per heavy atom. The quantitative estimate of drug-likeness (QED) is 0.454. The van der Waals surface area contributed by atoms with Crippen LogP contribution in [0.2, 0.25) is 0 Å². The number of rotatable bonds is 7. The van der Waals surface area contributed by atoms with Crippen molar-refractivity contribution in [3.8, 4) is 11.8 Å². The Hall–Kier alpha value is -4.52. The molecule has 0 unspecified atom stereocenters. The second-order valence-electron chi connectivity index (χ2n) is 6.38. The monoisotopic (exact) mass is 417 g/mol. The standard InChI is InChI=1S/C21H16FN7O2/c1-13-25-19(29-31-13)12-30-17-7-5-15(6-8-17)26-20-18(22)11-24-21(28-20)27-16-4-2-3-14(9-16)10-23/h2-9,11H,12H2,1H3,(H2,24,26,27,28). The molecular weight excluding hydrogens is 401 g/mol. The van der Waals surface area contributed by atoms with Crippen molar-refractivity contribution in [2.45, 2.75) is 13.5 Å². The first-order valence-electron chi connectivity index (χ1n) is 9.18. The van der Waals surface area contributed by atoms with E-state index in [2.05, 4.69) is 36.8 Å². The fourth-order valence-electron chi connectivity index (χ4n) is 2.63. The summed E-state index contributed by atoms with van der Waals surface area (Å²) in [6.45, 7) is 1.88. The fourth-order valence-corrected chi connectivity index (χ4v) is 2.63. The molecule has 2 aromatic heterocycles. The molecule has 0 aliphatic carbocycles. The number of nitrogens with zero attached hydrogens (tertiary/aromatic N) is 5. The molecule has 0 radical (unpaired) electrons. The molecule has 0 spiro atoms. The summed E-state index contributed by atoms with van der Waals surface area (Å²) in [5.41, 5.74) is 1.72. The molecule has 2 heterocycles. The lowest BCUT2D eigenvalue weighted by Crippen LogP contribution is -2.03. The highest BCUT2D eigenvalue weighted by molar-refractivity contribution is 5.61. The molecular formula is C21H16FN7O2. The maximum atomic E-state index is 14.2. The molecule has 0 amide bonds. The van der Waals surface area contributed by atoms with Gasteiger partial charge in [0, 0.05) is 18.3 Å². The molecule has 0 fully saturated rings. The van der Waals surface area contributed by atoms with Crippen LogP contribution in [0.1, 0.15) is 17.3 Å². The Kier molecular flexibility index (Phi) is 5.66. The maximum absolute atomic E-state index is 14.2. The van der Waals surface area contributed by atoms with E-state index in [1.54, 1.807) is 55.5 Å². The number of nitriles is 1. The van der Waals surface area contributed by atoms with E-state index in [9.17, 15) is 4.39 Å². The Labute approximate surface area is 176 Å². The summed E-state index contributed by atoms with van der Waals surface area (Å²) < 4.78 is 24.7. The first kappa shape index (κ1) is 19.8. The number of hydrogen-bond acceptors (Lipinski definition) is 9. The van der Waals surface area contributed by atoms with Crippen molar-refractivity contribution in [2.24, 2.45) is 0 Å². The van der Waals surface area contributed by atoms with Crippen molar-refractivity contribution in [2.75, 3.05) is 10.6 Å². The third-order valence-corrected chi connectivity index (χ3v) is 4.05. The molecule has 9 nitrogen and oxygen atoms in total. The molecule has 4 aromatic rings. The summed E-state index contributed by atoms with van der Waals surface area (Å²) in [4.78, 5) is 12.2. The van der Waals surface area contributed by atoms with Gasteiger partial charge in [-0.25, -0.2) is 9.37 Å². The molecule has 2 N–H and O–H groups in total. The zero-order chi connectivity index (χ0) is 21.6. The smallest absolute Gasteiger partial charge is 0.229 e. The largest absolute Gasteiger partial charge is 0.485 e. The van der Waals surface area contributed by atoms with Gasteiger partial charge in [0.15, 0.2) is 18.2 Å². The van der Waals surface area contributed by atoms with E-state index in [0.717, 1.165) is 6.20 Å². The zero-order valence-corrected chi connectivity index (χ0v) is 16.3. The van der Waals surface area contributed by atoms with Gasteiger partial charge >= 0.3 is 0 Å². The lowest BCUT2D eigenvalue weighted by Gasteiger charge is -2.10. The highest BCUT2D eigenvalue weighted by Crippen LogP contribution is 2.23. The van der Waals surface area contributed by atoms with Crippen LogP contribution < -0.4 is 15.4 Å². The minimum atomic E-state index is -0.607. The highest BCUT2D eigenvalue weighted by atomic mass is 19.1. The molecule has 0 aliphatic rings. The van der Waals surface area contributed by atoms with Gasteiger partial charge in [0.1, 0.15) is 5.75 Å². The molecule has 0 saturated carbocycles. The Morgan fingerprint density at radius 1 is 1.10 bits per heavy atom. The van der Waals surface area contributed by atoms with Crippen LogP contribution in [0, 0.1) is 24.1 Å². The second kappa shape index (κ2) is 8.87.